The Morgan fingerprint density at radius 1 is 1.29 bits per heavy atom. The lowest BCUT2D eigenvalue weighted by Crippen LogP contribution is -2.26. The molecule has 0 radical (unpaired) electrons. The van der Waals surface area contributed by atoms with Gasteiger partial charge in [-0.25, -0.2) is 4.79 Å². The second-order valence-corrected chi connectivity index (χ2v) is 4.68. The van der Waals surface area contributed by atoms with Crippen LogP contribution >= 0.6 is 15.9 Å². The van der Waals surface area contributed by atoms with Crippen LogP contribution in [0.4, 0.5) is 0 Å². The summed E-state index contributed by atoms with van der Waals surface area (Å²) in [7, 11) is 0. The second kappa shape index (κ2) is 7.22. The SMILES string of the molecule is CCOC(=O)C(=O)C(Br)CCc1ccccc1. The molecule has 92 valence electrons. The van der Waals surface area contributed by atoms with Crippen LogP contribution in [0, 0.1) is 0 Å². The molecule has 0 aliphatic rings. The van der Waals surface area contributed by atoms with E-state index in [0.29, 0.717) is 6.42 Å². The molecule has 0 spiro atoms. The summed E-state index contributed by atoms with van der Waals surface area (Å²) in [6.45, 7) is 1.90. The first-order chi connectivity index (χ1) is 8.15. The van der Waals surface area contributed by atoms with Gasteiger partial charge in [-0.05, 0) is 25.3 Å². The van der Waals surface area contributed by atoms with Gasteiger partial charge in [0, 0.05) is 0 Å². The average Bonchev–Trinajstić information content (AvgIpc) is 2.36. The van der Waals surface area contributed by atoms with E-state index >= 15 is 0 Å². The van der Waals surface area contributed by atoms with Crippen molar-refractivity contribution in [2.45, 2.75) is 24.6 Å². The molecule has 0 aliphatic heterocycles. The summed E-state index contributed by atoms with van der Waals surface area (Å²) in [6.07, 6.45) is 1.34. The number of benzene rings is 1. The van der Waals surface area contributed by atoms with Crippen LogP contribution in [0.1, 0.15) is 18.9 Å². The zero-order valence-corrected chi connectivity index (χ0v) is 11.3. The van der Waals surface area contributed by atoms with E-state index in [-0.39, 0.29) is 6.61 Å². The van der Waals surface area contributed by atoms with Gasteiger partial charge < -0.3 is 4.74 Å². The highest BCUT2D eigenvalue weighted by atomic mass is 79.9. The summed E-state index contributed by atoms with van der Waals surface area (Å²) >= 11 is 3.22. The van der Waals surface area contributed by atoms with Crippen molar-refractivity contribution in [1.82, 2.24) is 0 Å². The molecule has 0 fully saturated rings. The van der Waals surface area contributed by atoms with E-state index in [1.807, 2.05) is 30.3 Å². The number of halogens is 1. The molecule has 0 amide bonds. The Morgan fingerprint density at radius 2 is 1.94 bits per heavy atom. The van der Waals surface area contributed by atoms with Crippen molar-refractivity contribution in [2.75, 3.05) is 6.61 Å². The fraction of sp³-hybridized carbons (Fsp3) is 0.385. The van der Waals surface area contributed by atoms with Crippen LogP contribution in [0.5, 0.6) is 0 Å². The number of alkyl halides is 1. The molecule has 1 aromatic rings. The third kappa shape index (κ3) is 4.69. The van der Waals surface area contributed by atoms with Crippen LogP contribution in [0.2, 0.25) is 0 Å². The minimum Gasteiger partial charge on any atom is -0.460 e. The van der Waals surface area contributed by atoms with Crippen LogP contribution < -0.4 is 0 Å². The largest absolute Gasteiger partial charge is 0.460 e. The zero-order valence-electron chi connectivity index (χ0n) is 9.69. The summed E-state index contributed by atoms with van der Waals surface area (Å²) in [5.74, 6) is -1.27. The number of Topliss-reactive ketones (excluding diaryl/α,β-unsaturated/α-hetero) is 1. The lowest BCUT2D eigenvalue weighted by atomic mass is 10.1. The van der Waals surface area contributed by atoms with Gasteiger partial charge in [-0.2, -0.15) is 0 Å². The van der Waals surface area contributed by atoms with Crippen LogP contribution in [0.3, 0.4) is 0 Å². The Labute approximate surface area is 109 Å². The number of carbonyl (C=O) groups is 2. The molecule has 0 saturated carbocycles. The van der Waals surface area contributed by atoms with Crippen molar-refractivity contribution >= 4 is 27.7 Å². The summed E-state index contributed by atoms with van der Waals surface area (Å²) in [5.41, 5.74) is 1.15. The third-order valence-electron chi connectivity index (χ3n) is 2.29. The molecule has 3 nitrogen and oxygen atoms in total. The van der Waals surface area contributed by atoms with Gasteiger partial charge in [0.25, 0.3) is 5.78 Å². The van der Waals surface area contributed by atoms with Gasteiger partial charge in [0.05, 0.1) is 11.4 Å². The van der Waals surface area contributed by atoms with Crippen LogP contribution in [0.15, 0.2) is 30.3 Å². The van der Waals surface area contributed by atoms with Crippen molar-refractivity contribution in [3.63, 3.8) is 0 Å². The van der Waals surface area contributed by atoms with Gasteiger partial charge in [0.15, 0.2) is 0 Å². The molecule has 17 heavy (non-hydrogen) atoms. The number of aryl methyl sites for hydroxylation is 1. The van der Waals surface area contributed by atoms with Crippen molar-refractivity contribution in [1.29, 1.82) is 0 Å². The highest BCUT2D eigenvalue weighted by molar-refractivity contribution is 9.10. The number of rotatable bonds is 6. The standard InChI is InChI=1S/C13H15BrO3/c1-2-17-13(16)12(15)11(14)9-8-10-6-4-3-5-7-10/h3-7,11H,2,8-9H2,1H3. The fourth-order valence-corrected chi connectivity index (χ4v) is 1.82. The van der Waals surface area contributed by atoms with Gasteiger partial charge in [0.2, 0.25) is 0 Å². The number of hydrogen-bond acceptors (Lipinski definition) is 3. The quantitative estimate of drug-likeness (QED) is 0.460. The molecular formula is C13H15BrO3. The first kappa shape index (κ1) is 13.9. The van der Waals surface area contributed by atoms with Gasteiger partial charge in [-0.3, -0.25) is 4.79 Å². The molecule has 0 aliphatic carbocycles. The molecule has 1 unspecified atom stereocenters. The number of esters is 1. The molecule has 1 rings (SSSR count). The maximum Gasteiger partial charge on any atom is 0.375 e. The van der Waals surface area contributed by atoms with E-state index in [4.69, 9.17) is 0 Å². The maximum atomic E-state index is 11.5. The van der Waals surface area contributed by atoms with E-state index in [0.717, 1.165) is 12.0 Å². The zero-order chi connectivity index (χ0) is 12.7. The molecule has 0 aromatic heterocycles. The van der Waals surface area contributed by atoms with Crippen molar-refractivity contribution in [2.24, 2.45) is 0 Å². The predicted octanol–water partition coefficient (Wildman–Crippen LogP) is 2.51. The minimum absolute atomic E-state index is 0.225. The van der Waals surface area contributed by atoms with Gasteiger partial charge >= 0.3 is 5.97 Å². The smallest absolute Gasteiger partial charge is 0.375 e. The van der Waals surface area contributed by atoms with E-state index in [2.05, 4.69) is 20.7 Å². The monoisotopic (exact) mass is 298 g/mol. The molecule has 1 aromatic carbocycles. The van der Waals surface area contributed by atoms with Crippen LogP contribution in [-0.2, 0) is 20.7 Å². The fourth-order valence-electron chi connectivity index (χ4n) is 1.40. The summed E-state index contributed by atoms with van der Waals surface area (Å²) in [5, 5.41) is 0. The Balaban J connectivity index is 2.42. The van der Waals surface area contributed by atoms with Gasteiger partial charge in [-0.1, -0.05) is 46.3 Å². The summed E-state index contributed by atoms with van der Waals surface area (Å²) in [4.78, 5) is 22.3. The van der Waals surface area contributed by atoms with Crippen molar-refractivity contribution in [3.8, 4) is 0 Å². The number of carbonyl (C=O) groups excluding carboxylic acids is 2. The Morgan fingerprint density at radius 3 is 2.53 bits per heavy atom. The van der Waals surface area contributed by atoms with Crippen LogP contribution in [-0.4, -0.2) is 23.2 Å². The Bertz CT molecular complexity index is 376. The number of ketones is 1. The molecule has 0 saturated heterocycles. The van der Waals surface area contributed by atoms with Gasteiger partial charge in [0.1, 0.15) is 0 Å². The van der Waals surface area contributed by atoms with E-state index in [1.54, 1.807) is 6.92 Å². The highest BCUT2D eigenvalue weighted by Gasteiger charge is 2.23. The number of hydrogen-bond donors (Lipinski definition) is 0. The Kier molecular flexibility index (Phi) is 5.91. The molecule has 0 heterocycles. The first-order valence-corrected chi connectivity index (χ1v) is 6.45. The lowest BCUT2D eigenvalue weighted by molar-refractivity contribution is -0.153. The third-order valence-corrected chi connectivity index (χ3v) is 3.16. The molecule has 4 heteroatoms. The molecular weight excluding hydrogens is 284 g/mol. The number of ether oxygens (including phenoxy) is 1. The lowest BCUT2D eigenvalue weighted by Gasteiger charge is -2.07. The average molecular weight is 299 g/mol. The van der Waals surface area contributed by atoms with Gasteiger partial charge in [-0.15, -0.1) is 0 Å². The summed E-state index contributed by atoms with van der Waals surface area (Å²) < 4.78 is 4.66. The van der Waals surface area contributed by atoms with E-state index in [1.165, 1.54) is 0 Å². The normalized spacial score (nSPS) is 11.9. The molecule has 0 N–H and O–H groups in total. The maximum absolute atomic E-state index is 11.5. The summed E-state index contributed by atoms with van der Waals surface area (Å²) in [6, 6.07) is 9.83. The second-order valence-electron chi connectivity index (χ2n) is 3.58. The van der Waals surface area contributed by atoms with E-state index in [9.17, 15) is 9.59 Å². The topological polar surface area (TPSA) is 43.4 Å². The highest BCUT2D eigenvalue weighted by Crippen LogP contribution is 2.12. The molecule has 0 bridgehead atoms. The minimum atomic E-state index is -0.762. The van der Waals surface area contributed by atoms with Crippen molar-refractivity contribution < 1.29 is 14.3 Å². The Hall–Kier alpha value is -1.16. The van der Waals surface area contributed by atoms with Crippen molar-refractivity contribution in [3.05, 3.63) is 35.9 Å². The molecule has 1 atom stereocenters. The van der Waals surface area contributed by atoms with Crippen LogP contribution in [0.25, 0.3) is 0 Å². The first-order valence-electron chi connectivity index (χ1n) is 5.54. The predicted molar refractivity (Wildman–Crippen MR) is 69.1 cm³/mol. The van der Waals surface area contributed by atoms with E-state index < -0.39 is 16.6 Å².